The molecule has 0 spiro atoms. The van der Waals surface area contributed by atoms with E-state index >= 15 is 0 Å². The highest BCUT2D eigenvalue weighted by molar-refractivity contribution is 5.61. The van der Waals surface area contributed by atoms with Crippen molar-refractivity contribution >= 4 is 17.3 Å². The van der Waals surface area contributed by atoms with Gasteiger partial charge in [0, 0.05) is 12.6 Å². The number of hydrogen-bond acceptors (Lipinski definition) is 7. The van der Waals surface area contributed by atoms with E-state index in [1.807, 2.05) is 0 Å². The Labute approximate surface area is 111 Å². The summed E-state index contributed by atoms with van der Waals surface area (Å²) in [5, 5.41) is 19.6. The Bertz CT molecular complexity index is 482. The number of aromatic nitrogens is 1. The average molecular weight is 295 g/mol. The molecule has 8 nitrogen and oxygen atoms in total. The van der Waals surface area contributed by atoms with Gasteiger partial charge in [0.1, 0.15) is 12.4 Å². The lowest BCUT2D eigenvalue weighted by Crippen LogP contribution is -2.37. The number of hydrogen-bond donors (Lipinski definition) is 3. The van der Waals surface area contributed by atoms with Crippen molar-refractivity contribution in [1.29, 1.82) is 0 Å². The third kappa shape index (κ3) is 4.20. The molecule has 112 valence electrons. The molecule has 0 unspecified atom stereocenters. The molecule has 0 aliphatic heterocycles. The predicted octanol–water partition coefficient (Wildman–Crippen LogP) is 0.636. The topological polar surface area (TPSA) is 118 Å². The molecular weight excluding hydrogens is 283 g/mol. The van der Waals surface area contributed by atoms with E-state index < -0.39 is 42.3 Å². The molecule has 0 bridgehead atoms. The normalized spacial score (nSPS) is 11.2. The van der Waals surface area contributed by atoms with Gasteiger partial charge in [0.25, 0.3) is 0 Å². The highest BCUT2D eigenvalue weighted by Gasteiger charge is 2.34. The van der Waals surface area contributed by atoms with Gasteiger partial charge in [-0.15, -0.1) is 0 Å². The standard InChI is InChI=1S/C9H12F3N5O3/c10-9(11,12)5-16(3-4-18)8-6(17(19)20)1-2-7(14-8)15-13/h1-2,18H,3-5,13H2,(H,14,15). The van der Waals surface area contributed by atoms with Crippen LogP contribution in [0.5, 0.6) is 0 Å². The van der Waals surface area contributed by atoms with E-state index in [-0.39, 0.29) is 5.82 Å². The van der Waals surface area contributed by atoms with E-state index in [0.717, 1.165) is 12.1 Å². The number of hydrazine groups is 1. The van der Waals surface area contributed by atoms with Crippen molar-refractivity contribution in [3.63, 3.8) is 0 Å². The fourth-order valence-electron chi connectivity index (χ4n) is 1.49. The average Bonchev–Trinajstić information content (AvgIpc) is 2.35. The summed E-state index contributed by atoms with van der Waals surface area (Å²) < 4.78 is 37.4. The first kappa shape index (κ1) is 15.9. The number of anilines is 2. The zero-order valence-electron chi connectivity index (χ0n) is 10.1. The van der Waals surface area contributed by atoms with Gasteiger partial charge >= 0.3 is 11.9 Å². The van der Waals surface area contributed by atoms with Crippen molar-refractivity contribution in [3.05, 3.63) is 22.2 Å². The van der Waals surface area contributed by atoms with E-state index in [2.05, 4.69) is 10.4 Å². The number of nitrogens with one attached hydrogen (secondary N) is 1. The van der Waals surface area contributed by atoms with Gasteiger partial charge in [0.05, 0.1) is 11.5 Å². The van der Waals surface area contributed by atoms with Crippen molar-refractivity contribution in [1.82, 2.24) is 4.98 Å². The quantitative estimate of drug-likeness (QED) is 0.400. The molecule has 0 radical (unpaired) electrons. The number of nitrogen functional groups attached to an aromatic ring is 1. The third-order valence-corrected chi connectivity index (χ3v) is 2.24. The van der Waals surface area contributed by atoms with Crippen LogP contribution in [0.15, 0.2) is 12.1 Å². The number of pyridine rings is 1. The van der Waals surface area contributed by atoms with E-state index in [0.29, 0.717) is 4.90 Å². The molecule has 11 heteroatoms. The van der Waals surface area contributed by atoms with Gasteiger partial charge in [0.15, 0.2) is 0 Å². The maximum atomic E-state index is 12.5. The van der Waals surface area contributed by atoms with Crippen LogP contribution in [0, 0.1) is 10.1 Å². The lowest BCUT2D eigenvalue weighted by Gasteiger charge is -2.24. The number of rotatable bonds is 6. The van der Waals surface area contributed by atoms with Crippen molar-refractivity contribution in [3.8, 4) is 0 Å². The van der Waals surface area contributed by atoms with Crippen molar-refractivity contribution in [2.75, 3.05) is 30.0 Å². The van der Waals surface area contributed by atoms with Crippen LogP contribution in [0.4, 0.5) is 30.5 Å². The number of halogens is 3. The molecule has 1 aromatic heterocycles. The predicted molar refractivity (Wildman–Crippen MR) is 64.1 cm³/mol. The Balaban J connectivity index is 3.25. The number of nitrogens with zero attached hydrogens (tertiary/aromatic N) is 3. The van der Waals surface area contributed by atoms with Crippen LogP contribution in [-0.4, -0.2) is 40.9 Å². The summed E-state index contributed by atoms with van der Waals surface area (Å²) in [6, 6.07) is 2.14. The number of alkyl halides is 3. The highest BCUT2D eigenvalue weighted by atomic mass is 19.4. The van der Waals surface area contributed by atoms with Gasteiger partial charge in [-0.1, -0.05) is 0 Å². The number of nitro groups is 1. The lowest BCUT2D eigenvalue weighted by atomic mass is 10.3. The van der Waals surface area contributed by atoms with Crippen LogP contribution >= 0.6 is 0 Å². The van der Waals surface area contributed by atoms with E-state index in [4.69, 9.17) is 10.9 Å². The molecule has 0 aliphatic carbocycles. The molecule has 0 aliphatic rings. The Morgan fingerprint density at radius 3 is 2.60 bits per heavy atom. The zero-order chi connectivity index (χ0) is 15.3. The summed E-state index contributed by atoms with van der Waals surface area (Å²) in [7, 11) is 0. The summed E-state index contributed by atoms with van der Waals surface area (Å²) in [4.78, 5) is 14.2. The molecule has 20 heavy (non-hydrogen) atoms. The van der Waals surface area contributed by atoms with Crippen LogP contribution in [0.3, 0.4) is 0 Å². The Kier molecular flexibility index (Phi) is 5.05. The second kappa shape index (κ2) is 6.34. The van der Waals surface area contributed by atoms with Gasteiger partial charge < -0.3 is 15.4 Å². The summed E-state index contributed by atoms with van der Waals surface area (Å²) in [5.74, 6) is 4.53. The van der Waals surface area contributed by atoms with Crippen LogP contribution in [0.2, 0.25) is 0 Å². The molecule has 0 amide bonds. The van der Waals surface area contributed by atoms with E-state index in [1.165, 1.54) is 0 Å². The molecule has 0 aromatic carbocycles. The maximum Gasteiger partial charge on any atom is 0.405 e. The largest absolute Gasteiger partial charge is 0.405 e. The maximum absolute atomic E-state index is 12.5. The first-order valence-electron chi connectivity index (χ1n) is 5.33. The minimum atomic E-state index is -4.60. The minimum absolute atomic E-state index is 0.0317. The molecule has 1 rings (SSSR count). The van der Waals surface area contributed by atoms with E-state index in [1.54, 1.807) is 0 Å². The van der Waals surface area contributed by atoms with E-state index in [9.17, 15) is 23.3 Å². The van der Waals surface area contributed by atoms with Gasteiger partial charge in [-0.3, -0.25) is 10.1 Å². The second-order valence-corrected chi connectivity index (χ2v) is 3.70. The molecule has 4 N–H and O–H groups in total. The van der Waals surface area contributed by atoms with Crippen molar-refractivity contribution in [2.45, 2.75) is 6.18 Å². The number of aliphatic hydroxyl groups excluding tert-OH is 1. The molecular formula is C9H12F3N5O3. The highest BCUT2D eigenvalue weighted by Crippen LogP contribution is 2.29. The van der Waals surface area contributed by atoms with Crippen molar-refractivity contribution in [2.24, 2.45) is 5.84 Å². The first-order valence-corrected chi connectivity index (χ1v) is 5.33. The van der Waals surface area contributed by atoms with Gasteiger partial charge in [-0.2, -0.15) is 13.2 Å². The van der Waals surface area contributed by atoms with Gasteiger partial charge in [-0.05, 0) is 6.07 Å². The third-order valence-electron chi connectivity index (χ3n) is 2.24. The first-order chi connectivity index (χ1) is 9.28. The van der Waals surface area contributed by atoms with Crippen molar-refractivity contribution < 1.29 is 23.2 Å². The fourth-order valence-corrected chi connectivity index (χ4v) is 1.49. The summed E-state index contributed by atoms with van der Waals surface area (Å²) in [5.41, 5.74) is 1.48. The molecule has 0 saturated heterocycles. The molecule has 0 fully saturated rings. The monoisotopic (exact) mass is 295 g/mol. The van der Waals surface area contributed by atoms with Crippen LogP contribution in [-0.2, 0) is 0 Å². The Morgan fingerprint density at radius 2 is 2.15 bits per heavy atom. The zero-order valence-corrected chi connectivity index (χ0v) is 10.1. The second-order valence-electron chi connectivity index (χ2n) is 3.70. The number of nitrogens with two attached hydrogens (primary N) is 1. The molecule has 0 saturated carbocycles. The molecule has 1 aromatic rings. The molecule has 0 atom stereocenters. The van der Waals surface area contributed by atoms with Gasteiger partial charge in [0.2, 0.25) is 5.82 Å². The Morgan fingerprint density at radius 1 is 1.50 bits per heavy atom. The molecule has 1 heterocycles. The summed E-state index contributed by atoms with van der Waals surface area (Å²) in [6.45, 7) is -2.55. The van der Waals surface area contributed by atoms with Crippen LogP contribution in [0.1, 0.15) is 0 Å². The van der Waals surface area contributed by atoms with Crippen LogP contribution in [0.25, 0.3) is 0 Å². The fraction of sp³-hybridized carbons (Fsp3) is 0.444. The summed E-state index contributed by atoms with van der Waals surface area (Å²) >= 11 is 0. The van der Waals surface area contributed by atoms with Gasteiger partial charge in [-0.25, -0.2) is 10.8 Å². The smallest absolute Gasteiger partial charge is 0.395 e. The summed E-state index contributed by atoms with van der Waals surface area (Å²) in [6.07, 6.45) is -4.60. The van der Waals surface area contributed by atoms with Crippen LogP contribution < -0.4 is 16.2 Å². The Hall–Kier alpha value is -2.14. The minimum Gasteiger partial charge on any atom is -0.395 e. The number of aliphatic hydroxyl groups is 1. The lowest BCUT2D eigenvalue weighted by molar-refractivity contribution is -0.384. The SMILES string of the molecule is NNc1ccc([N+](=O)[O-])c(N(CCO)CC(F)(F)F)n1.